The smallest absolute Gasteiger partial charge is 0.282 e. The highest BCUT2D eigenvalue weighted by Crippen LogP contribution is 2.27. The number of hydrogen-bond acceptors (Lipinski definition) is 2. The molecule has 0 radical (unpaired) electrons. The van der Waals surface area contributed by atoms with Gasteiger partial charge < -0.3 is 0 Å². The lowest BCUT2D eigenvalue weighted by molar-refractivity contribution is 0.482. The fourth-order valence-corrected chi connectivity index (χ4v) is 4.54. The minimum atomic E-state index is -4.19. The summed E-state index contributed by atoms with van der Waals surface area (Å²) < 4.78 is 33.1. The standard InChI is InChI=1S/C23H34O3S/c1-2-3-4-5-6-7-8-9-10-11-12-17-22-21-16-14-13-15-20(21)18-19-23(22)27(24,25)26/h13-16,18-19H,2-12,17H2,1H3,(H,24,25,26). The first kappa shape index (κ1) is 21.9. The SMILES string of the molecule is CCCCCCCCCCCCCc1c(S(=O)(=O)O)ccc2ccccc12. The fraction of sp³-hybridized carbons (Fsp3) is 0.565. The zero-order valence-corrected chi connectivity index (χ0v) is 17.4. The molecule has 3 nitrogen and oxygen atoms in total. The van der Waals surface area contributed by atoms with Gasteiger partial charge in [-0.25, -0.2) is 0 Å². The largest absolute Gasteiger partial charge is 0.294 e. The van der Waals surface area contributed by atoms with Gasteiger partial charge in [-0.15, -0.1) is 0 Å². The molecular weight excluding hydrogens is 356 g/mol. The van der Waals surface area contributed by atoms with Gasteiger partial charge in [0.1, 0.15) is 0 Å². The minimum absolute atomic E-state index is 0.0632. The Morgan fingerprint density at radius 1 is 0.741 bits per heavy atom. The van der Waals surface area contributed by atoms with Crippen molar-refractivity contribution in [3.05, 3.63) is 42.0 Å². The van der Waals surface area contributed by atoms with Gasteiger partial charge in [0, 0.05) is 0 Å². The van der Waals surface area contributed by atoms with Gasteiger partial charge in [0.25, 0.3) is 10.1 Å². The highest BCUT2D eigenvalue weighted by molar-refractivity contribution is 7.85. The molecule has 0 aliphatic rings. The van der Waals surface area contributed by atoms with Crippen molar-refractivity contribution in [1.29, 1.82) is 0 Å². The van der Waals surface area contributed by atoms with E-state index in [-0.39, 0.29) is 4.90 Å². The summed E-state index contributed by atoms with van der Waals surface area (Å²) in [6.07, 6.45) is 14.6. The average molecular weight is 391 g/mol. The summed E-state index contributed by atoms with van der Waals surface area (Å²) >= 11 is 0. The highest BCUT2D eigenvalue weighted by atomic mass is 32.2. The van der Waals surface area contributed by atoms with Gasteiger partial charge in [-0.3, -0.25) is 4.55 Å². The van der Waals surface area contributed by atoms with Gasteiger partial charge in [0.05, 0.1) is 4.90 Å². The number of rotatable bonds is 13. The van der Waals surface area contributed by atoms with E-state index in [0.29, 0.717) is 6.42 Å². The maximum absolute atomic E-state index is 11.8. The molecule has 0 aliphatic heterocycles. The van der Waals surface area contributed by atoms with Crippen molar-refractivity contribution < 1.29 is 13.0 Å². The van der Waals surface area contributed by atoms with Crippen molar-refractivity contribution in [1.82, 2.24) is 0 Å². The van der Waals surface area contributed by atoms with Crippen LogP contribution in [0.5, 0.6) is 0 Å². The summed E-state index contributed by atoms with van der Waals surface area (Å²) in [6.45, 7) is 2.25. The number of benzene rings is 2. The molecule has 0 unspecified atom stereocenters. The third-order valence-corrected chi connectivity index (χ3v) is 6.24. The molecule has 1 N–H and O–H groups in total. The zero-order chi connectivity index (χ0) is 19.5. The second kappa shape index (κ2) is 11.5. The molecule has 0 heterocycles. The van der Waals surface area contributed by atoms with E-state index in [1.165, 1.54) is 63.9 Å². The Kier molecular flexibility index (Phi) is 9.29. The molecule has 2 aromatic carbocycles. The molecule has 0 atom stereocenters. The van der Waals surface area contributed by atoms with Crippen LogP contribution >= 0.6 is 0 Å². The predicted octanol–water partition coefficient (Wildman–Crippen LogP) is 6.94. The van der Waals surface area contributed by atoms with Gasteiger partial charge in [0.15, 0.2) is 0 Å². The van der Waals surface area contributed by atoms with Crippen LogP contribution in [0, 0.1) is 0 Å². The Bertz CT molecular complexity index is 796. The van der Waals surface area contributed by atoms with Crippen LogP contribution in [0.25, 0.3) is 10.8 Å². The van der Waals surface area contributed by atoms with E-state index in [0.717, 1.165) is 29.2 Å². The topological polar surface area (TPSA) is 54.4 Å². The monoisotopic (exact) mass is 390 g/mol. The van der Waals surface area contributed by atoms with E-state index >= 15 is 0 Å². The lowest BCUT2D eigenvalue weighted by Gasteiger charge is -2.11. The molecule has 0 saturated heterocycles. The first-order valence-electron chi connectivity index (χ1n) is 10.5. The molecule has 0 fully saturated rings. The molecule has 2 aromatic rings. The van der Waals surface area contributed by atoms with Gasteiger partial charge in [0.2, 0.25) is 0 Å². The maximum atomic E-state index is 11.8. The van der Waals surface area contributed by atoms with Crippen LogP contribution in [-0.4, -0.2) is 13.0 Å². The molecule has 4 heteroatoms. The third kappa shape index (κ3) is 7.27. The van der Waals surface area contributed by atoms with Crippen LogP contribution in [0.3, 0.4) is 0 Å². The van der Waals surface area contributed by atoms with Crippen molar-refractivity contribution in [2.24, 2.45) is 0 Å². The van der Waals surface area contributed by atoms with Crippen LogP contribution in [0.4, 0.5) is 0 Å². The first-order valence-corrected chi connectivity index (χ1v) is 12.0. The van der Waals surface area contributed by atoms with E-state index in [1.54, 1.807) is 6.07 Å². The number of hydrogen-bond donors (Lipinski definition) is 1. The molecule has 150 valence electrons. The van der Waals surface area contributed by atoms with Crippen LogP contribution in [0.15, 0.2) is 41.3 Å². The zero-order valence-electron chi connectivity index (χ0n) is 16.6. The molecule has 2 rings (SSSR count). The van der Waals surface area contributed by atoms with Gasteiger partial charge in [-0.2, -0.15) is 8.42 Å². The molecule has 0 aliphatic carbocycles. The summed E-state index contributed by atoms with van der Waals surface area (Å²) in [6, 6.07) is 11.1. The van der Waals surface area contributed by atoms with Crippen molar-refractivity contribution in [2.75, 3.05) is 0 Å². The van der Waals surface area contributed by atoms with Crippen molar-refractivity contribution in [2.45, 2.75) is 88.9 Å². The minimum Gasteiger partial charge on any atom is -0.282 e. The fourth-order valence-electron chi connectivity index (χ4n) is 3.78. The summed E-state index contributed by atoms with van der Waals surface area (Å²) in [5.41, 5.74) is 0.756. The van der Waals surface area contributed by atoms with Gasteiger partial charge in [-0.05, 0) is 35.2 Å². The van der Waals surface area contributed by atoms with Gasteiger partial charge >= 0.3 is 0 Å². The lowest BCUT2D eigenvalue weighted by Crippen LogP contribution is -2.04. The average Bonchev–Trinajstić information content (AvgIpc) is 2.65. The van der Waals surface area contributed by atoms with Gasteiger partial charge in [-0.1, -0.05) is 101 Å². The number of fused-ring (bicyclic) bond motifs is 1. The van der Waals surface area contributed by atoms with Crippen molar-refractivity contribution in [3.63, 3.8) is 0 Å². The highest BCUT2D eigenvalue weighted by Gasteiger charge is 2.17. The Morgan fingerprint density at radius 3 is 1.89 bits per heavy atom. The predicted molar refractivity (Wildman–Crippen MR) is 114 cm³/mol. The van der Waals surface area contributed by atoms with Crippen LogP contribution < -0.4 is 0 Å². The Labute approximate surface area is 164 Å². The first-order chi connectivity index (χ1) is 13.0. The van der Waals surface area contributed by atoms with E-state index in [1.807, 2.05) is 24.3 Å². The van der Waals surface area contributed by atoms with Crippen molar-refractivity contribution in [3.8, 4) is 0 Å². The number of unbranched alkanes of at least 4 members (excludes halogenated alkanes) is 10. The van der Waals surface area contributed by atoms with Crippen LogP contribution in [-0.2, 0) is 16.5 Å². The lowest BCUT2D eigenvalue weighted by atomic mass is 9.98. The number of aryl methyl sites for hydroxylation is 1. The maximum Gasteiger partial charge on any atom is 0.294 e. The quantitative estimate of drug-likeness (QED) is 0.298. The summed E-state index contributed by atoms with van der Waals surface area (Å²) in [5, 5.41) is 1.95. The molecule has 0 amide bonds. The molecule has 0 aromatic heterocycles. The Morgan fingerprint density at radius 2 is 1.30 bits per heavy atom. The summed E-state index contributed by atoms with van der Waals surface area (Å²) in [5.74, 6) is 0. The van der Waals surface area contributed by atoms with Crippen LogP contribution in [0.1, 0.15) is 83.1 Å². The Balaban J connectivity index is 1.80. The third-order valence-electron chi connectivity index (χ3n) is 5.31. The molecule has 0 saturated carbocycles. The second-order valence-electron chi connectivity index (χ2n) is 7.52. The second-order valence-corrected chi connectivity index (χ2v) is 8.91. The van der Waals surface area contributed by atoms with E-state index in [9.17, 15) is 13.0 Å². The van der Waals surface area contributed by atoms with Crippen LogP contribution in [0.2, 0.25) is 0 Å². The summed E-state index contributed by atoms with van der Waals surface area (Å²) in [4.78, 5) is 0.0632. The molecule has 0 bridgehead atoms. The molecular formula is C23H34O3S. The van der Waals surface area contributed by atoms with E-state index in [2.05, 4.69) is 6.92 Å². The molecule has 0 spiro atoms. The van der Waals surface area contributed by atoms with Crippen molar-refractivity contribution >= 4 is 20.9 Å². The normalized spacial score (nSPS) is 11.9. The summed E-state index contributed by atoms with van der Waals surface area (Å²) in [7, 11) is -4.19. The van der Waals surface area contributed by atoms with E-state index in [4.69, 9.17) is 0 Å². The van der Waals surface area contributed by atoms with E-state index < -0.39 is 10.1 Å². The Hall–Kier alpha value is -1.39. The molecule has 27 heavy (non-hydrogen) atoms.